The molecule has 2 aromatic carbocycles. The molecule has 14 heteroatoms. The Bertz CT molecular complexity index is 1750. The number of piperidine rings is 1. The standard InChI is InChI=1S/C32H33F2N7O5/c1-20-18-23(37-27-28-36-19-26(41(28)13-10-35-27)21-2-5-24(6-3-21)46-31(33)34)4-7-25(20)30(43)39-16-14-38(15-17-39)29(42)22-8-11-40(12-9-22)32(44)45/h2-7,10,13,18-19,22,31H,8-9,11-12,14-17H2,1H3,(H,35,37)(H,44,45). The molecule has 0 aliphatic carbocycles. The van der Waals surface area contributed by atoms with Crippen LogP contribution in [-0.2, 0) is 4.79 Å². The number of piperazine rings is 1. The number of rotatable bonds is 7. The van der Waals surface area contributed by atoms with Crippen LogP contribution in [-0.4, -0.2) is 98.0 Å². The second-order valence-corrected chi connectivity index (χ2v) is 11.3. The van der Waals surface area contributed by atoms with Crippen molar-refractivity contribution in [2.24, 2.45) is 5.92 Å². The summed E-state index contributed by atoms with van der Waals surface area (Å²) >= 11 is 0. The van der Waals surface area contributed by atoms with Crippen molar-refractivity contribution in [3.63, 3.8) is 0 Å². The number of nitrogens with zero attached hydrogens (tertiary/aromatic N) is 6. The molecule has 0 bridgehead atoms. The van der Waals surface area contributed by atoms with Crippen molar-refractivity contribution in [2.75, 3.05) is 44.6 Å². The number of hydrogen-bond donors (Lipinski definition) is 2. The van der Waals surface area contributed by atoms with Gasteiger partial charge in [-0.1, -0.05) is 0 Å². The zero-order valence-corrected chi connectivity index (χ0v) is 25.1. The number of anilines is 2. The van der Waals surface area contributed by atoms with Gasteiger partial charge in [-0.15, -0.1) is 0 Å². The molecule has 240 valence electrons. The molecule has 46 heavy (non-hydrogen) atoms. The number of carboxylic acid groups (broad SMARTS) is 1. The summed E-state index contributed by atoms with van der Waals surface area (Å²) in [5.74, 6) is 0.316. The van der Waals surface area contributed by atoms with Crippen LogP contribution in [0, 0.1) is 12.8 Å². The molecule has 0 atom stereocenters. The maximum absolute atomic E-state index is 13.4. The van der Waals surface area contributed by atoms with Crippen LogP contribution in [0.3, 0.4) is 0 Å². The number of imidazole rings is 1. The largest absolute Gasteiger partial charge is 0.465 e. The van der Waals surface area contributed by atoms with Crippen LogP contribution in [0.5, 0.6) is 5.75 Å². The lowest BCUT2D eigenvalue weighted by Crippen LogP contribution is -2.53. The highest BCUT2D eigenvalue weighted by Crippen LogP contribution is 2.28. The highest BCUT2D eigenvalue weighted by atomic mass is 19.3. The summed E-state index contributed by atoms with van der Waals surface area (Å²) in [6, 6.07) is 11.8. The summed E-state index contributed by atoms with van der Waals surface area (Å²) in [6.07, 6.45) is 5.15. The average molecular weight is 634 g/mol. The molecule has 0 unspecified atom stereocenters. The van der Waals surface area contributed by atoms with E-state index in [1.807, 2.05) is 17.4 Å². The van der Waals surface area contributed by atoms with Crippen LogP contribution >= 0.6 is 0 Å². The van der Waals surface area contributed by atoms with Crippen LogP contribution in [0.1, 0.15) is 28.8 Å². The minimum atomic E-state index is -2.89. The van der Waals surface area contributed by atoms with Gasteiger partial charge in [0.25, 0.3) is 5.91 Å². The van der Waals surface area contributed by atoms with Crippen LogP contribution in [0.2, 0.25) is 0 Å². The minimum Gasteiger partial charge on any atom is -0.465 e. The Morgan fingerprint density at radius 1 is 0.935 bits per heavy atom. The van der Waals surface area contributed by atoms with Gasteiger partial charge in [-0.25, -0.2) is 14.8 Å². The maximum atomic E-state index is 13.4. The normalized spacial score (nSPS) is 15.8. The van der Waals surface area contributed by atoms with Crippen LogP contribution < -0.4 is 10.1 Å². The lowest BCUT2D eigenvalue weighted by molar-refractivity contribution is -0.138. The van der Waals surface area contributed by atoms with Crippen molar-refractivity contribution in [2.45, 2.75) is 26.4 Å². The van der Waals surface area contributed by atoms with E-state index in [9.17, 15) is 23.2 Å². The number of aromatic nitrogens is 3. The molecule has 12 nitrogen and oxygen atoms in total. The summed E-state index contributed by atoms with van der Waals surface area (Å²) < 4.78 is 31.3. The van der Waals surface area contributed by atoms with E-state index in [0.29, 0.717) is 69.1 Å². The Labute approximate surface area is 263 Å². The molecule has 2 N–H and O–H groups in total. The van der Waals surface area contributed by atoms with E-state index < -0.39 is 12.7 Å². The SMILES string of the molecule is Cc1cc(Nc2nccn3c(-c4ccc(OC(F)F)cc4)cnc23)ccc1C(=O)N1CCN(C(=O)C2CCN(C(=O)O)CC2)CC1. The molecule has 2 fully saturated rings. The summed E-state index contributed by atoms with van der Waals surface area (Å²) in [6.45, 7) is 1.43. The third kappa shape index (κ3) is 6.41. The zero-order chi connectivity index (χ0) is 32.4. The number of carbonyl (C=O) groups is 3. The van der Waals surface area contributed by atoms with Gasteiger partial charge in [-0.3, -0.25) is 14.0 Å². The van der Waals surface area contributed by atoms with E-state index in [1.165, 1.54) is 17.0 Å². The van der Waals surface area contributed by atoms with Crippen molar-refractivity contribution < 1.29 is 33.0 Å². The summed E-state index contributed by atoms with van der Waals surface area (Å²) in [4.78, 5) is 51.5. The van der Waals surface area contributed by atoms with Gasteiger partial charge >= 0.3 is 12.7 Å². The summed E-state index contributed by atoms with van der Waals surface area (Å²) in [5.41, 5.74) is 4.13. The smallest absolute Gasteiger partial charge is 0.407 e. The first-order chi connectivity index (χ1) is 22.2. The summed E-state index contributed by atoms with van der Waals surface area (Å²) in [5, 5.41) is 12.4. The maximum Gasteiger partial charge on any atom is 0.407 e. The van der Waals surface area contributed by atoms with E-state index in [0.717, 1.165) is 22.5 Å². The van der Waals surface area contributed by atoms with Crippen molar-refractivity contribution in [1.29, 1.82) is 0 Å². The number of hydrogen-bond acceptors (Lipinski definition) is 7. The van der Waals surface area contributed by atoms with E-state index >= 15 is 0 Å². The van der Waals surface area contributed by atoms with Crippen molar-refractivity contribution >= 4 is 35.1 Å². The van der Waals surface area contributed by atoms with E-state index in [1.54, 1.807) is 52.7 Å². The summed E-state index contributed by atoms with van der Waals surface area (Å²) in [7, 11) is 0. The zero-order valence-electron chi connectivity index (χ0n) is 25.1. The van der Waals surface area contributed by atoms with Crippen LogP contribution in [0.15, 0.2) is 61.1 Å². The van der Waals surface area contributed by atoms with Gasteiger partial charge in [0.1, 0.15) is 5.75 Å². The minimum absolute atomic E-state index is 0.0364. The van der Waals surface area contributed by atoms with E-state index in [2.05, 4.69) is 20.0 Å². The highest BCUT2D eigenvalue weighted by Gasteiger charge is 2.32. The van der Waals surface area contributed by atoms with Gasteiger partial charge in [0.15, 0.2) is 11.5 Å². The molecule has 2 aliphatic heterocycles. The topological polar surface area (TPSA) is 133 Å². The van der Waals surface area contributed by atoms with Gasteiger partial charge in [-0.2, -0.15) is 8.78 Å². The number of carbonyl (C=O) groups excluding carboxylic acids is 2. The fourth-order valence-corrected chi connectivity index (χ4v) is 6.02. The fourth-order valence-electron chi connectivity index (χ4n) is 6.02. The second kappa shape index (κ2) is 13.0. The Morgan fingerprint density at radius 3 is 2.28 bits per heavy atom. The number of benzene rings is 2. The third-order valence-corrected chi connectivity index (χ3v) is 8.52. The number of likely N-dealkylation sites (tertiary alicyclic amines) is 1. The molecule has 0 radical (unpaired) electrons. The first-order valence-electron chi connectivity index (χ1n) is 15.0. The Hall–Kier alpha value is -5.27. The number of alkyl halides is 2. The predicted molar refractivity (Wildman–Crippen MR) is 164 cm³/mol. The van der Waals surface area contributed by atoms with Crippen LogP contribution in [0.4, 0.5) is 25.1 Å². The lowest BCUT2D eigenvalue weighted by Gasteiger charge is -2.38. The number of nitrogens with one attached hydrogen (secondary N) is 1. The van der Waals surface area contributed by atoms with Crippen molar-refractivity contribution in [3.8, 4) is 17.0 Å². The molecule has 0 spiro atoms. The van der Waals surface area contributed by atoms with Gasteiger partial charge in [0.2, 0.25) is 5.91 Å². The molecule has 0 saturated carbocycles. The predicted octanol–water partition coefficient (Wildman–Crippen LogP) is 4.72. The third-order valence-electron chi connectivity index (χ3n) is 8.52. The highest BCUT2D eigenvalue weighted by molar-refractivity contribution is 5.96. The van der Waals surface area contributed by atoms with E-state index in [4.69, 9.17) is 5.11 Å². The number of amides is 3. The molecule has 3 amide bonds. The number of ether oxygens (including phenoxy) is 1. The molecule has 4 aromatic rings. The first kappa shape index (κ1) is 30.7. The van der Waals surface area contributed by atoms with Crippen LogP contribution in [0.25, 0.3) is 16.9 Å². The van der Waals surface area contributed by atoms with Gasteiger partial charge in [0.05, 0.1) is 11.9 Å². The molecular formula is C32H33F2N7O5. The van der Waals surface area contributed by atoms with Gasteiger partial charge in [-0.05, 0) is 67.8 Å². The van der Waals surface area contributed by atoms with Gasteiger partial charge in [0, 0.05) is 74.4 Å². The van der Waals surface area contributed by atoms with Gasteiger partial charge < -0.3 is 29.9 Å². The fraction of sp³-hybridized carbons (Fsp3) is 0.344. The van der Waals surface area contributed by atoms with Crippen molar-refractivity contribution in [3.05, 3.63) is 72.2 Å². The van der Waals surface area contributed by atoms with E-state index in [-0.39, 0.29) is 23.5 Å². The molecule has 2 aliphatic rings. The quantitative estimate of drug-likeness (QED) is 0.299. The molecule has 6 rings (SSSR count). The number of fused-ring (bicyclic) bond motifs is 1. The Kier molecular flexibility index (Phi) is 8.68. The first-order valence-corrected chi connectivity index (χ1v) is 15.0. The second-order valence-electron chi connectivity index (χ2n) is 11.3. The number of halogens is 2. The molecule has 2 saturated heterocycles. The Balaban J connectivity index is 1.08. The average Bonchev–Trinajstić information content (AvgIpc) is 3.50. The monoisotopic (exact) mass is 633 g/mol. The van der Waals surface area contributed by atoms with Crippen molar-refractivity contribution in [1.82, 2.24) is 29.1 Å². The lowest BCUT2D eigenvalue weighted by atomic mass is 9.95. The molecular weight excluding hydrogens is 600 g/mol. The Morgan fingerprint density at radius 2 is 1.63 bits per heavy atom. The molecule has 2 aromatic heterocycles. The molecule has 4 heterocycles. The number of aryl methyl sites for hydroxylation is 1.